The highest BCUT2D eigenvalue weighted by atomic mass is 32.2. The standard InChI is InChI=1S/C36H46F3N3O6S/c1-25-21-42(26(2)24-43)35(44)32-20-30(40-49(45,46)31-11-6-5-7-12-31)17-18-33(32)48-27(3)10-8-9-19-47-34(25)23-41(4)22-28-13-15-29(16-14-28)36(37,38)39/h5-7,11-18,20,25-27,34,40,43H,8-10,19,21-24H2,1-4H3/t25-,26-,27+,34-/m1/s1. The van der Waals surface area contributed by atoms with Crippen molar-refractivity contribution in [1.82, 2.24) is 9.80 Å². The molecule has 1 amide bonds. The average Bonchev–Trinajstić information content (AvgIpc) is 3.06. The number of sulfonamides is 1. The quantitative estimate of drug-likeness (QED) is 0.264. The summed E-state index contributed by atoms with van der Waals surface area (Å²) in [5, 5.41) is 10.2. The first-order chi connectivity index (χ1) is 23.2. The summed E-state index contributed by atoms with van der Waals surface area (Å²) in [5.41, 5.74) is 0.358. The van der Waals surface area contributed by atoms with Crippen LogP contribution in [-0.4, -0.2) is 80.8 Å². The normalized spacial score (nSPS) is 20.6. The minimum absolute atomic E-state index is 0.0740. The van der Waals surface area contributed by atoms with Gasteiger partial charge in [0.1, 0.15) is 5.75 Å². The van der Waals surface area contributed by atoms with Crippen molar-refractivity contribution in [2.75, 3.05) is 38.1 Å². The molecule has 0 aromatic heterocycles. The van der Waals surface area contributed by atoms with Crippen LogP contribution >= 0.6 is 0 Å². The van der Waals surface area contributed by atoms with E-state index in [0.29, 0.717) is 31.9 Å². The van der Waals surface area contributed by atoms with Crippen molar-refractivity contribution >= 4 is 21.6 Å². The van der Waals surface area contributed by atoms with Gasteiger partial charge in [-0.2, -0.15) is 13.2 Å². The largest absolute Gasteiger partial charge is 0.490 e. The summed E-state index contributed by atoms with van der Waals surface area (Å²) in [4.78, 5) is 17.9. The van der Waals surface area contributed by atoms with Gasteiger partial charge in [0, 0.05) is 37.8 Å². The number of benzene rings is 3. The van der Waals surface area contributed by atoms with Crippen molar-refractivity contribution in [2.45, 2.75) is 75.9 Å². The maximum Gasteiger partial charge on any atom is 0.416 e. The molecule has 0 radical (unpaired) electrons. The molecule has 4 rings (SSSR count). The molecule has 0 saturated carbocycles. The molecule has 13 heteroatoms. The lowest BCUT2D eigenvalue weighted by Crippen LogP contribution is -2.47. The van der Waals surface area contributed by atoms with Crippen LogP contribution in [-0.2, 0) is 27.5 Å². The number of fused-ring (bicyclic) bond motifs is 1. The van der Waals surface area contributed by atoms with E-state index >= 15 is 0 Å². The number of ether oxygens (including phenoxy) is 2. The second kappa shape index (κ2) is 16.8. The van der Waals surface area contributed by atoms with Gasteiger partial charge in [0.2, 0.25) is 0 Å². The number of aliphatic hydroxyl groups excluding tert-OH is 1. The first-order valence-corrected chi connectivity index (χ1v) is 17.9. The Balaban J connectivity index is 1.60. The van der Waals surface area contributed by atoms with E-state index in [9.17, 15) is 31.5 Å². The van der Waals surface area contributed by atoms with E-state index in [1.54, 1.807) is 42.2 Å². The molecular weight excluding hydrogens is 659 g/mol. The van der Waals surface area contributed by atoms with Crippen molar-refractivity contribution in [3.05, 3.63) is 89.5 Å². The molecule has 3 aromatic rings. The number of hydrogen-bond donors (Lipinski definition) is 2. The summed E-state index contributed by atoms with van der Waals surface area (Å²) in [6.45, 7) is 6.79. The number of carbonyl (C=O) groups is 1. The van der Waals surface area contributed by atoms with Crippen molar-refractivity contribution in [3.63, 3.8) is 0 Å². The summed E-state index contributed by atoms with van der Waals surface area (Å²) in [7, 11) is -2.07. The first kappa shape index (κ1) is 38.2. The van der Waals surface area contributed by atoms with Crippen molar-refractivity contribution in [3.8, 4) is 5.75 Å². The Morgan fingerprint density at radius 3 is 2.39 bits per heavy atom. The van der Waals surface area contributed by atoms with Crippen molar-refractivity contribution in [2.24, 2.45) is 5.92 Å². The number of aliphatic hydroxyl groups is 1. The molecule has 3 aromatic carbocycles. The van der Waals surface area contributed by atoms with Crippen LogP contribution in [0.2, 0.25) is 0 Å². The van der Waals surface area contributed by atoms with Gasteiger partial charge in [-0.05, 0) is 88.2 Å². The lowest BCUT2D eigenvalue weighted by molar-refractivity contribution is -0.137. The highest BCUT2D eigenvalue weighted by Crippen LogP contribution is 2.31. The van der Waals surface area contributed by atoms with Crippen LogP contribution in [0.15, 0.2) is 77.7 Å². The third-order valence-corrected chi connectivity index (χ3v) is 9.98. The fourth-order valence-electron chi connectivity index (χ4n) is 5.74. The lowest BCUT2D eigenvalue weighted by atomic mass is 10.0. The molecule has 49 heavy (non-hydrogen) atoms. The maximum absolute atomic E-state index is 14.3. The molecule has 1 aliphatic heterocycles. The zero-order chi connectivity index (χ0) is 35.8. The Bertz CT molecular complexity index is 1620. The highest BCUT2D eigenvalue weighted by Gasteiger charge is 2.32. The molecule has 1 heterocycles. The Hall–Kier alpha value is -3.65. The smallest absolute Gasteiger partial charge is 0.416 e. The van der Waals surface area contributed by atoms with Gasteiger partial charge >= 0.3 is 6.18 Å². The summed E-state index contributed by atoms with van der Waals surface area (Å²) in [6.07, 6.45) is -2.76. The van der Waals surface area contributed by atoms with Crippen LogP contribution in [0.5, 0.6) is 5.75 Å². The molecule has 0 saturated heterocycles. The molecule has 0 fully saturated rings. The van der Waals surface area contributed by atoms with Gasteiger partial charge in [-0.15, -0.1) is 0 Å². The SMILES string of the molecule is C[C@@H]1CN([C@H](C)CO)C(=O)c2cc(NS(=O)(=O)c3ccccc3)ccc2O[C@@H](C)CCCCO[C@@H]1CN(C)Cc1ccc(C(F)(F)F)cc1. The van der Waals surface area contributed by atoms with Crippen LogP contribution < -0.4 is 9.46 Å². The Labute approximate surface area is 287 Å². The molecule has 0 unspecified atom stereocenters. The molecule has 268 valence electrons. The summed E-state index contributed by atoms with van der Waals surface area (Å²) in [6, 6.07) is 17.0. The van der Waals surface area contributed by atoms with E-state index < -0.39 is 33.7 Å². The second-order valence-electron chi connectivity index (χ2n) is 12.8. The average molecular weight is 706 g/mol. The van der Waals surface area contributed by atoms with Crippen molar-refractivity contribution in [1.29, 1.82) is 0 Å². The lowest BCUT2D eigenvalue weighted by Gasteiger charge is -2.36. The zero-order valence-electron chi connectivity index (χ0n) is 28.3. The van der Waals surface area contributed by atoms with E-state index in [1.807, 2.05) is 25.8 Å². The van der Waals surface area contributed by atoms with Crippen LogP contribution in [0.4, 0.5) is 18.9 Å². The number of carbonyl (C=O) groups excluding carboxylic acids is 1. The van der Waals surface area contributed by atoms with Gasteiger partial charge in [0.05, 0.1) is 40.9 Å². The summed E-state index contributed by atoms with van der Waals surface area (Å²) in [5.74, 6) is -0.353. The molecule has 2 N–H and O–H groups in total. The molecule has 0 bridgehead atoms. The fraction of sp³-hybridized carbons (Fsp3) is 0.472. The van der Waals surface area contributed by atoms with E-state index in [4.69, 9.17) is 9.47 Å². The molecule has 9 nitrogen and oxygen atoms in total. The predicted octanol–water partition coefficient (Wildman–Crippen LogP) is 6.43. The van der Waals surface area contributed by atoms with E-state index in [0.717, 1.165) is 30.5 Å². The first-order valence-electron chi connectivity index (χ1n) is 16.4. The topological polar surface area (TPSA) is 108 Å². The van der Waals surface area contributed by atoms with Crippen LogP contribution in [0, 0.1) is 5.92 Å². The number of anilines is 1. The molecule has 1 aliphatic rings. The molecular formula is C36H46F3N3O6S. The van der Waals surface area contributed by atoms with Gasteiger partial charge in [-0.25, -0.2) is 8.42 Å². The van der Waals surface area contributed by atoms with Gasteiger partial charge in [-0.3, -0.25) is 14.4 Å². The molecule has 0 spiro atoms. The van der Waals surface area contributed by atoms with Gasteiger partial charge < -0.3 is 19.5 Å². The Kier molecular flexibility index (Phi) is 13.1. The number of nitrogens with zero attached hydrogens (tertiary/aromatic N) is 2. The number of nitrogens with one attached hydrogen (secondary N) is 1. The Morgan fingerprint density at radius 1 is 1.04 bits per heavy atom. The van der Waals surface area contributed by atoms with Gasteiger partial charge in [-0.1, -0.05) is 37.3 Å². The number of amides is 1. The third kappa shape index (κ3) is 10.7. The maximum atomic E-state index is 14.3. The highest BCUT2D eigenvalue weighted by molar-refractivity contribution is 7.92. The number of halogens is 3. The third-order valence-electron chi connectivity index (χ3n) is 8.58. The van der Waals surface area contributed by atoms with E-state index in [1.165, 1.54) is 30.3 Å². The molecule has 4 atom stereocenters. The monoisotopic (exact) mass is 705 g/mol. The van der Waals surface area contributed by atoms with E-state index in [2.05, 4.69) is 4.72 Å². The number of alkyl halides is 3. The van der Waals surface area contributed by atoms with Gasteiger partial charge in [0.25, 0.3) is 15.9 Å². The summed E-state index contributed by atoms with van der Waals surface area (Å²) < 4.78 is 80.6. The fourth-order valence-corrected chi connectivity index (χ4v) is 6.82. The van der Waals surface area contributed by atoms with Crippen LogP contribution in [0.1, 0.15) is 61.5 Å². The summed E-state index contributed by atoms with van der Waals surface area (Å²) >= 11 is 0. The minimum Gasteiger partial charge on any atom is -0.490 e. The van der Waals surface area contributed by atoms with E-state index in [-0.39, 0.29) is 47.4 Å². The van der Waals surface area contributed by atoms with Crippen LogP contribution in [0.3, 0.4) is 0 Å². The number of hydrogen-bond acceptors (Lipinski definition) is 7. The van der Waals surface area contributed by atoms with Crippen LogP contribution in [0.25, 0.3) is 0 Å². The Morgan fingerprint density at radius 2 is 1.73 bits per heavy atom. The number of rotatable bonds is 9. The van der Waals surface area contributed by atoms with Gasteiger partial charge in [0.15, 0.2) is 0 Å². The predicted molar refractivity (Wildman–Crippen MR) is 182 cm³/mol. The number of likely N-dealkylation sites (N-methyl/N-ethyl adjacent to an activating group) is 1. The zero-order valence-corrected chi connectivity index (χ0v) is 29.1. The molecule has 0 aliphatic carbocycles. The second-order valence-corrected chi connectivity index (χ2v) is 14.5. The van der Waals surface area contributed by atoms with Crippen molar-refractivity contribution < 1.29 is 41.0 Å². The minimum atomic E-state index is -4.41.